The highest BCUT2D eigenvalue weighted by molar-refractivity contribution is 14.1. The second kappa shape index (κ2) is 5.77. The fourth-order valence-corrected chi connectivity index (χ4v) is 3.82. The molecule has 3 rings (SSSR count). The van der Waals surface area contributed by atoms with Crippen LogP contribution in [0.25, 0.3) is 0 Å². The molecule has 1 aliphatic heterocycles. The van der Waals surface area contributed by atoms with Crippen molar-refractivity contribution in [3.63, 3.8) is 0 Å². The van der Waals surface area contributed by atoms with Crippen LogP contribution >= 0.6 is 34.4 Å². The first kappa shape index (κ1) is 13.9. The summed E-state index contributed by atoms with van der Waals surface area (Å²) in [5.41, 5.74) is 3.40. The first-order chi connectivity index (χ1) is 9.65. The fraction of sp³-hybridized carbons (Fsp3) is 0.188. The summed E-state index contributed by atoms with van der Waals surface area (Å²) < 4.78 is 1.18. The number of halogens is 1. The third-order valence-corrected chi connectivity index (χ3v) is 5.27. The number of benzene rings is 2. The molecule has 4 heteroatoms. The second-order valence-electron chi connectivity index (χ2n) is 4.81. The molecule has 1 heterocycles. The van der Waals surface area contributed by atoms with Crippen molar-refractivity contribution in [2.75, 3.05) is 10.7 Å². The number of carbonyl (C=O) groups excluding carboxylic acids is 1. The fourth-order valence-electron chi connectivity index (χ4n) is 2.28. The van der Waals surface area contributed by atoms with Crippen molar-refractivity contribution in [1.29, 1.82) is 0 Å². The highest BCUT2D eigenvalue weighted by atomic mass is 127. The summed E-state index contributed by atoms with van der Waals surface area (Å²) in [4.78, 5) is 14.1. The van der Waals surface area contributed by atoms with Crippen LogP contribution in [0.5, 0.6) is 0 Å². The molecule has 0 saturated carbocycles. The van der Waals surface area contributed by atoms with Crippen molar-refractivity contribution < 1.29 is 4.79 Å². The first-order valence-corrected chi connectivity index (χ1v) is 8.54. The van der Waals surface area contributed by atoms with Crippen LogP contribution in [0.1, 0.15) is 16.5 Å². The van der Waals surface area contributed by atoms with Gasteiger partial charge in [0.1, 0.15) is 5.37 Å². The number of anilines is 1. The van der Waals surface area contributed by atoms with Crippen LogP contribution in [0.2, 0.25) is 0 Å². The van der Waals surface area contributed by atoms with Gasteiger partial charge < -0.3 is 0 Å². The zero-order valence-corrected chi connectivity index (χ0v) is 14.0. The molecule has 0 spiro atoms. The van der Waals surface area contributed by atoms with Gasteiger partial charge in [0, 0.05) is 9.26 Å². The molecule has 2 aromatic rings. The molecular formula is C16H14INOS. The van der Waals surface area contributed by atoms with Crippen LogP contribution in [0, 0.1) is 10.5 Å². The van der Waals surface area contributed by atoms with E-state index < -0.39 is 0 Å². The first-order valence-electron chi connectivity index (χ1n) is 6.41. The van der Waals surface area contributed by atoms with Crippen LogP contribution < -0.4 is 4.90 Å². The Kier molecular flexibility index (Phi) is 4.03. The third-order valence-electron chi connectivity index (χ3n) is 3.34. The number of carbonyl (C=O) groups is 1. The lowest BCUT2D eigenvalue weighted by atomic mass is 10.1. The monoisotopic (exact) mass is 395 g/mol. The van der Waals surface area contributed by atoms with Gasteiger partial charge in [-0.15, -0.1) is 11.8 Å². The zero-order chi connectivity index (χ0) is 14.1. The van der Waals surface area contributed by atoms with Crippen LogP contribution in [0.4, 0.5) is 5.69 Å². The van der Waals surface area contributed by atoms with Gasteiger partial charge in [0.25, 0.3) is 0 Å². The van der Waals surface area contributed by atoms with E-state index in [1.54, 1.807) is 11.8 Å². The Hall–Kier alpha value is -1.01. The van der Waals surface area contributed by atoms with Gasteiger partial charge in [0.15, 0.2) is 0 Å². The Morgan fingerprint density at radius 1 is 1.10 bits per heavy atom. The maximum Gasteiger partial charge on any atom is 0.238 e. The van der Waals surface area contributed by atoms with Crippen LogP contribution in [-0.2, 0) is 4.79 Å². The summed E-state index contributed by atoms with van der Waals surface area (Å²) in [6.07, 6.45) is 0. The van der Waals surface area contributed by atoms with Gasteiger partial charge in [-0.2, -0.15) is 0 Å². The average molecular weight is 395 g/mol. The van der Waals surface area contributed by atoms with Gasteiger partial charge in [-0.3, -0.25) is 9.69 Å². The SMILES string of the molecule is Cc1ccc(C2SCC(=O)N2c2ccc(I)cc2)cc1. The Balaban J connectivity index is 1.96. The predicted molar refractivity (Wildman–Crippen MR) is 93.0 cm³/mol. The lowest BCUT2D eigenvalue weighted by molar-refractivity contribution is -0.115. The minimum Gasteiger partial charge on any atom is -0.295 e. The van der Waals surface area contributed by atoms with E-state index in [-0.39, 0.29) is 11.3 Å². The Morgan fingerprint density at radius 2 is 1.75 bits per heavy atom. The molecule has 2 aromatic carbocycles. The summed E-state index contributed by atoms with van der Waals surface area (Å²) in [6.45, 7) is 2.08. The van der Waals surface area contributed by atoms with Gasteiger partial charge in [0.2, 0.25) is 5.91 Å². The van der Waals surface area contributed by atoms with Crippen molar-refractivity contribution in [3.8, 4) is 0 Å². The largest absolute Gasteiger partial charge is 0.295 e. The summed E-state index contributed by atoms with van der Waals surface area (Å²) in [5, 5.41) is 0.0863. The van der Waals surface area contributed by atoms with Gasteiger partial charge >= 0.3 is 0 Å². The van der Waals surface area contributed by atoms with E-state index in [1.807, 2.05) is 29.2 Å². The van der Waals surface area contributed by atoms with Crippen LogP contribution in [-0.4, -0.2) is 11.7 Å². The third kappa shape index (κ3) is 2.72. The highest BCUT2D eigenvalue weighted by Gasteiger charge is 2.33. The smallest absolute Gasteiger partial charge is 0.238 e. The molecule has 1 fully saturated rings. The molecule has 0 N–H and O–H groups in total. The average Bonchev–Trinajstić information content (AvgIpc) is 2.83. The highest BCUT2D eigenvalue weighted by Crippen LogP contribution is 2.41. The molecule has 0 aromatic heterocycles. The molecule has 1 saturated heterocycles. The number of aryl methyl sites for hydroxylation is 1. The lowest BCUT2D eigenvalue weighted by Gasteiger charge is -2.24. The summed E-state index contributed by atoms with van der Waals surface area (Å²) >= 11 is 3.97. The maximum atomic E-state index is 12.2. The van der Waals surface area contributed by atoms with E-state index >= 15 is 0 Å². The molecule has 0 bridgehead atoms. The number of thioether (sulfide) groups is 1. The van der Waals surface area contributed by atoms with E-state index in [0.717, 1.165) is 5.69 Å². The number of amides is 1. The van der Waals surface area contributed by atoms with Gasteiger partial charge in [-0.1, -0.05) is 29.8 Å². The van der Waals surface area contributed by atoms with E-state index in [2.05, 4.69) is 53.8 Å². The molecule has 1 unspecified atom stereocenters. The van der Waals surface area contributed by atoms with Crippen molar-refractivity contribution in [1.82, 2.24) is 0 Å². The normalized spacial score (nSPS) is 18.6. The molecule has 0 aliphatic carbocycles. The van der Waals surface area contributed by atoms with Crippen molar-refractivity contribution >= 4 is 45.9 Å². The quantitative estimate of drug-likeness (QED) is 0.704. The zero-order valence-electron chi connectivity index (χ0n) is 11.0. The second-order valence-corrected chi connectivity index (χ2v) is 7.13. The summed E-state index contributed by atoms with van der Waals surface area (Å²) in [6, 6.07) is 16.6. The molecule has 1 atom stereocenters. The number of nitrogens with zero attached hydrogens (tertiary/aromatic N) is 1. The van der Waals surface area contributed by atoms with E-state index in [9.17, 15) is 4.79 Å². The van der Waals surface area contributed by atoms with Crippen molar-refractivity contribution in [2.45, 2.75) is 12.3 Å². The van der Waals surface area contributed by atoms with Gasteiger partial charge in [-0.05, 0) is 59.3 Å². The van der Waals surface area contributed by atoms with E-state index in [4.69, 9.17) is 0 Å². The van der Waals surface area contributed by atoms with E-state index in [0.29, 0.717) is 5.75 Å². The van der Waals surface area contributed by atoms with Gasteiger partial charge in [0.05, 0.1) is 5.75 Å². The number of hydrogen-bond donors (Lipinski definition) is 0. The molecule has 20 heavy (non-hydrogen) atoms. The predicted octanol–water partition coefficient (Wildman–Crippen LogP) is 4.38. The summed E-state index contributed by atoms with van der Waals surface area (Å²) in [7, 11) is 0. The van der Waals surface area contributed by atoms with Crippen LogP contribution in [0.15, 0.2) is 48.5 Å². The molecule has 102 valence electrons. The Morgan fingerprint density at radius 3 is 2.40 bits per heavy atom. The Labute approximate surface area is 136 Å². The minimum atomic E-state index is 0.0863. The number of hydrogen-bond acceptors (Lipinski definition) is 2. The molecule has 1 amide bonds. The Bertz CT molecular complexity index is 624. The molecule has 2 nitrogen and oxygen atoms in total. The molecule has 0 radical (unpaired) electrons. The van der Waals surface area contributed by atoms with E-state index in [1.165, 1.54) is 14.7 Å². The summed E-state index contributed by atoms with van der Waals surface area (Å²) in [5.74, 6) is 0.728. The lowest BCUT2D eigenvalue weighted by Crippen LogP contribution is -2.27. The minimum absolute atomic E-state index is 0.0863. The topological polar surface area (TPSA) is 20.3 Å². The molecular weight excluding hydrogens is 381 g/mol. The molecule has 1 aliphatic rings. The van der Waals surface area contributed by atoms with Gasteiger partial charge in [-0.25, -0.2) is 0 Å². The standard InChI is InChI=1S/C16H14INOS/c1-11-2-4-12(5-3-11)16-18(15(19)10-20-16)14-8-6-13(17)7-9-14/h2-9,16H,10H2,1H3. The van der Waals surface area contributed by atoms with Crippen LogP contribution in [0.3, 0.4) is 0 Å². The maximum absolute atomic E-state index is 12.2. The van der Waals surface area contributed by atoms with Crippen molar-refractivity contribution in [3.05, 3.63) is 63.2 Å². The number of rotatable bonds is 2. The van der Waals surface area contributed by atoms with Crippen molar-refractivity contribution in [2.24, 2.45) is 0 Å².